The molecule has 1 amide bonds. The predicted octanol–water partition coefficient (Wildman–Crippen LogP) is 0.712. The number of nitrogens with zero attached hydrogens (tertiary/aromatic N) is 1. The molecule has 1 aromatic carbocycles. The fourth-order valence-corrected chi connectivity index (χ4v) is 1.71. The summed E-state index contributed by atoms with van der Waals surface area (Å²) < 4.78 is 0. The highest BCUT2D eigenvalue weighted by atomic mass is 16.1. The van der Waals surface area contributed by atoms with Gasteiger partial charge in [-0.3, -0.25) is 4.79 Å². The maximum atomic E-state index is 11.1. The van der Waals surface area contributed by atoms with Crippen molar-refractivity contribution in [2.45, 2.75) is 12.7 Å². The van der Waals surface area contributed by atoms with E-state index in [1.54, 1.807) is 18.4 Å². The highest BCUT2D eigenvalue weighted by Crippen LogP contribution is 2.14. The van der Waals surface area contributed by atoms with E-state index in [1.165, 1.54) is 0 Å². The Balaban J connectivity index is 2.15. The number of amides is 1. The van der Waals surface area contributed by atoms with Gasteiger partial charge in [-0.05, 0) is 17.7 Å². The van der Waals surface area contributed by atoms with E-state index in [2.05, 4.69) is 0 Å². The second kappa shape index (κ2) is 4.84. The van der Waals surface area contributed by atoms with Crippen molar-refractivity contribution in [3.05, 3.63) is 59.8 Å². The van der Waals surface area contributed by atoms with Crippen LogP contribution in [0.1, 0.15) is 5.56 Å². The predicted molar refractivity (Wildman–Crippen MR) is 66.4 cm³/mol. The Bertz CT molecular complexity index is 465. The van der Waals surface area contributed by atoms with Crippen LogP contribution in [0.15, 0.2) is 54.3 Å². The van der Waals surface area contributed by atoms with Crippen LogP contribution >= 0.6 is 0 Å². The van der Waals surface area contributed by atoms with Gasteiger partial charge in [-0.15, -0.1) is 0 Å². The van der Waals surface area contributed by atoms with Crippen LogP contribution in [-0.2, 0) is 11.3 Å². The lowest BCUT2D eigenvalue weighted by Gasteiger charge is -2.28. The first-order valence-electron chi connectivity index (χ1n) is 5.42. The highest BCUT2D eigenvalue weighted by molar-refractivity contribution is 5.94. The molecule has 88 valence electrons. The maximum absolute atomic E-state index is 11.1. The van der Waals surface area contributed by atoms with E-state index in [0.29, 0.717) is 12.1 Å². The molecule has 4 nitrogen and oxygen atoms in total. The molecule has 1 aliphatic rings. The van der Waals surface area contributed by atoms with Crippen LogP contribution in [0.2, 0.25) is 0 Å². The molecule has 1 unspecified atom stereocenters. The molecule has 4 N–H and O–H groups in total. The molecule has 0 spiro atoms. The Labute approximate surface area is 100 Å². The van der Waals surface area contributed by atoms with Crippen LogP contribution < -0.4 is 11.5 Å². The number of hydrogen-bond acceptors (Lipinski definition) is 3. The minimum atomic E-state index is -0.439. The van der Waals surface area contributed by atoms with Gasteiger partial charge in [0.15, 0.2) is 0 Å². The summed E-state index contributed by atoms with van der Waals surface area (Å²) in [4.78, 5) is 13.0. The molecule has 0 aromatic heterocycles. The Hall–Kier alpha value is -2.07. The highest BCUT2D eigenvalue weighted by Gasteiger charge is 2.15. The molecule has 0 saturated carbocycles. The SMILES string of the molecule is NC(=O)C1=CN(Cc2ccccc2)C(N)C=C1. The van der Waals surface area contributed by atoms with Gasteiger partial charge in [-0.1, -0.05) is 30.3 Å². The fourth-order valence-electron chi connectivity index (χ4n) is 1.71. The molecule has 1 heterocycles. The molecule has 17 heavy (non-hydrogen) atoms. The third-order valence-corrected chi connectivity index (χ3v) is 2.65. The zero-order valence-corrected chi connectivity index (χ0v) is 9.41. The summed E-state index contributed by atoms with van der Waals surface area (Å²) in [6, 6.07) is 9.94. The lowest BCUT2D eigenvalue weighted by atomic mass is 10.1. The van der Waals surface area contributed by atoms with Gasteiger partial charge in [0.1, 0.15) is 0 Å². The standard InChI is InChI=1S/C13H15N3O/c14-12-7-6-11(13(15)17)9-16(12)8-10-4-2-1-3-5-10/h1-7,9,12H,8,14H2,(H2,15,17). The van der Waals surface area contributed by atoms with Crippen LogP contribution in [0, 0.1) is 0 Å². The molecular formula is C13H15N3O. The van der Waals surface area contributed by atoms with Crippen LogP contribution in [0.4, 0.5) is 0 Å². The second-order valence-electron chi connectivity index (χ2n) is 3.96. The topological polar surface area (TPSA) is 72.4 Å². The Morgan fingerprint density at radius 3 is 2.65 bits per heavy atom. The van der Waals surface area contributed by atoms with Crippen molar-refractivity contribution in [1.82, 2.24) is 4.90 Å². The van der Waals surface area contributed by atoms with Gasteiger partial charge in [0.25, 0.3) is 0 Å². The maximum Gasteiger partial charge on any atom is 0.250 e. The van der Waals surface area contributed by atoms with Crippen molar-refractivity contribution in [1.29, 1.82) is 0 Å². The number of hydrogen-bond donors (Lipinski definition) is 2. The molecule has 0 saturated heterocycles. The normalized spacial score (nSPS) is 19.0. The number of nitrogens with two attached hydrogens (primary N) is 2. The molecule has 0 bridgehead atoms. The Morgan fingerprint density at radius 1 is 1.29 bits per heavy atom. The van der Waals surface area contributed by atoms with Gasteiger partial charge in [-0.25, -0.2) is 0 Å². The number of primary amides is 1. The van der Waals surface area contributed by atoms with Gasteiger partial charge in [0, 0.05) is 12.7 Å². The van der Waals surface area contributed by atoms with E-state index in [-0.39, 0.29) is 6.17 Å². The third kappa shape index (κ3) is 2.73. The third-order valence-electron chi connectivity index (χ3n) is 2.65. The largest absolute Gasteiger partial charge is 0.366 e. The summed E-state index contributed by atoms with van der Waals surface area (Å²) in [5.41, 5.74) is 12.8. The number of carbonyl (C=O) groups excluding carboxylic acids is 1. The van der Waals surface area contributed by atoms with Crippen LogP contribution in [0.3, 0.4) is 0 Å². The van der Waals surface area contributed by atoms with Gasteiger partial charge in [0.2, 0.25) is 5.91 Å². The van der Waals surface area contributed by atoms with Crippen molar-refractivity contribution in [2.24, 2.45) is 11.5 Å². The first-order chi connectivity index (χ1) is 8.16. The Morgan fingerprint density at radius 2 is 2.00 bits per heavy atom. The summed E-state index contributed by atoms with van der Waals surface area (Å²) in [6.07, 6.45) is 4.91. The van der Waals surface area contributed by atoms with Gasteiger partial charge < -0.3 is 16.4 Å². The first kappa shape index (κ1) is 11.4. The number of carbonyl (C=O) groups is 1. The number of benzene rings is 1. The van der Waals surface area contributed by atoms with Gasteiger partial charge >= 0.3 is 0 Å². The molecule has 1 atom stereocenters. The van der Waals surface area contributed by atoms with Crippen molar-refractivity contribution >= 4 is 5.91 Å². The van der Waals surface area contributed by atoms with Gasteiger partial charge in [-0.2, -0.15) is 0 Å². The van der Waals surface area contributed by atoms with Crippen LogP contribution in [-0.4, -0.2) is 17.0 Å². The van der Waals surface area contributed by atoms with E-state index in [0.717, 1.165) is 5.56 Å². The second-order valence-corrected chi connectivity index (χ2v) is 3.96. The van der Waals surface area contributed by atoms with E-state index < -0.39 is 5.91 Å². The van der Waals surface area contributed by atoms with Crippen molar-refractivity contribution in [3.8, 4) is 0 Å². The average molecular weight is 229 g/mol. The van der Waals surface area contributed by atoms with E-state index in [9.17, 15) is 4.79 Å². The molecule has 0 fully saturated rings. The minimum absolute atomic E-state index is 0.224. The summed E-state index contributed by atoms with van der Waals surface area (Å²) in [5.74, 6) is -0.439. The number of rotatable bonds is 3. The molecule has 1 aliphatic heterocycles. The summed E-state index contributed by atoms with van der Waals surface area (Å²) in [6.45, 7) is 0.656. The van der Waals surface area contributed by atoms with Crippen molar-refractivity contribution in [3.63, 3.8) is 0 Å². The van der Waals surface area contributed by atoms with Crippen molar-refractivity contribution < 1.29 is 4.79 Å². The monoisotopic (exact) mass is 229 g/mol. The summed E-state index contributed by atoms with van der Waals surface area (Å²) in [5, 5.41) is 0. The van der Waals surface area contributed by atoms with Crippen LogP contribution in [0.5, 0.6) is 0 Å². The average Bonchev–Trinajstić information content (AvgIpc) is 2.33. The minimum Gasteiger partial charge on any atom is -0.366 e. The fraction of sp³-hybridized carbons (Fsp3) is 0.154. The molecular weight excluding hydrogens is 214 g/mol. The van der Waals surface area contributed by atoms with E-state index in [1.807, 2.05) is 35.2 Å². The first-order valence-corrected chi connectivity index (χ1v) is 5.42. The molecule has 4 heteroatoms. The molecule has 0 radical (unpaired) electrons. The Kier molecular flexibility index (Phi) is 3.25. The van der Waals surface area contributed by atoms with E-state index >= 15 is 0 Å². The van der Waals surface area contributed by atoms with E-state index in [4.69, 9.17) is 11.5 Å². The smallest absolute Gasteiger partial charge is 0.250 e. The summed E-state index contributed by atoms with van der Waals surface area (Å²) >= 11 is 0. The molecule has 2 rings (SSSR count). The zero-order valence-electron chi connectivity index (χ0n) is 9.41. The lowest BCUT2D eigenvalue weighted by molar-refractivity contribution is -0.114. The zero-order chi connectivity index (χ0) is 12.3. The molecule has 0 aliphatic carbocycles. The lowest BCUT2D eigenvalue weighted by Crippen LogP contribution is -2.39. The summed E-state index contributed by atoms with van der Waals surface area (Å²) in [7, 11) is 0. The van der Waals surface area contributed by atoms with Gasteiger partial charge in [0.05, 0.1) is 11.7 Å². The van der Waals surface area contributed by atoms with Crippen molar-refractivity contribution in [2.75, 3.05) is 0 Å². The quantitative estimate of drug-likeness (QED) is 0.802. The molecule has 1 aromatic rings. The van der Waals surface area contributed by atoms with Crippen LogP contribution in [0.25, 0.3) is 0 Å².